The first kappa shape index (κ1) is 15.2. The molecule has 0 heterocycles. The molecule has 0 bridgehead atoms. The van der Waals surface area contributed by atoms with Gasteiger partial charge in [-0.05, 0) is 27.7 Å². The van der Waals surface area contributed by atoms with E-state index in [2.05, 4.69) is 16.0 Å². The minimum atomic E-state index is -1.38. The minimum absolute atomic E-state index is 0.0113. The van der Waals surface area contributed by atoms with E-state index >= 15 is 0 Å². The van der Waals surface area contributed by atoms with Gasteiger partial charge in [0.25, 0.3) is 0 Å². The van der Waals surface area contributed by atoms with Gasteiger partial charge >= 0.3 is 12.0 Å². The topological polar surface area (TPSA) is 108 Å². The van der Waals surface area contributed by atoms with Gasteiger partial charge in [-0.2, -0.15) is 0 Å². The van der Waals surface area contributed by atoms with E-state index in [0.29, 0.717) is 0 Å². The van der Waals surface area contributed by atoms with Crippen molar-refractivity contribution in [2.24, 2.45) is 0 Å². The molecule has 0 unspecified atom stereocenters. The summed E-state index contributed by atoms with van der Waals surface area (Å²) in [6.45, 7) is 6.10. The van der Waals surface area contributed by atoms with Crippen LogP contribution in [0.2, 0.25) is 0 Å². The molecule has 7 nitrogen and oxygen atoms in total. The van der Waals surface area contributed by atoms with Gasteiger partial charge in [0.2, 0.25) is 5.91 Å². The molecule has 0 aliphatic carbocycles. The van der Waals surface area contributed by atoms with Crippen molar-refractivity contribution in [2.45, 2.75) is 39.3 Å². The summed E-state index contributed by atoms with van der Waals surface area (Å²) in [7, 11) is 0. The van der Waals surface area contributed by atoms with Gasteiger partial charge in [0, 0.05) is 6.04 Å². The predicted octanol–water partition coefficient (Wildman–Crippen LogP) is -0.327. The Kier molecular flexibility index (Phi) is 5.43. The maximum atomic E-state index is 11.3. The van der Waals surface area contributed by atoms with Crippen molar-refractivity contribution in [3.63, 3.8) is 0 Å². The molecular formula is C10H19N3O4. The molecule has 0 rings (SSSR count). The van der Waals surface area contributed by atoms with Crippen LogP contribution in [0.15, 0.2) is 0 Å². The van der Waals surface area contributed by atoms with Crippen molar-refractivity contribution < 1.29 is 19.5 Å². The minimum Gasteiger partial charge on any atom is -0.480 e. The third kappa shape index (κ3) is 6.39. The fourth-order valence-corrected chi connectivity index (χ4v) is 0.915. The van der Waals surface area contributed by atoms with E-state index in [0.717, 1.165) is 0 Å². The van der Waals surface area contributed by atoms with Crippen LogP contribution in [0.4, 0.5) is 4.79 Å². The van der Waals surface area contributed by atoms with E-state index in [9.17, 15) is 14.4 Å². The molecule has 0 atom stereocenters. The normalized spacial score (nSPS) is 10.9. The van der Waals surface area contributed by atoms with E-state index in [-0.39, 0.29) is 18.5 Å². The zero-order valence-electron chi connectivity index (χ0n) is 10.5. The SMILES string of the molecule is CC(C)NC(=O)CNC(=O)NC(C)(C)C(=O)O. The number of amides is 3. The summed E-state index contributed by atoms with van der Waals surface area (Å²) in [6.07, 6.45) is 0. The Morgan fingerprint density at radius 2 is 1.76 bits per heavy atom. The number of urea groups is 1. The third-order valence-electron chi connectivity index (χ3n) is 1.82. The average molecular weight is 245 g/mol. The van der Waals surface area contributed by atoms with Gasteiger partial charge in [-0.25, -0.2) is 9.59 Å². The van der Waals surface area contributed by atoms with Crippen molar-refractivity contribution in [3.8, 4) is 0 Å². The van der Waals surface area contributed by atoms with Crippen LogP contribution in [-0.4, -0.2) is 41.1 Å². The molecule has 17 heavy (non-hydrogen) atoms. The van der Waals surface area contributed by atoms with E-state index in [4.69, 9.17) is 5.11 Å². The van der Waals surface area contributed by atoms with Crippen LogP contribution in [-0.2, 0) is 9.59 Å². The van der Waals surface area contributed by atoms with Crippen LogP contribution in [0.5, 0.6) is 0 Å². The summed E-state index contributed by atoms with van der Waals surface area (Å²) in [5, 5.41) is 15.9. The van der Waals surface area contributed by atoms with Gasteiger partial charge in [0.15, 0.2) is 0 Å². The number of carbonyl (C=O) groups is 3. The van der Waals surface area contributed by atoms with Gasteiger partial charge in [-0.15, -0.1) is 0 Å². The largest absolute Gasteiger partial charge is 0.480 e. The lowest BCUT2D eigenvalue weighted by Gasteiger charge is -2.21. The molecular weight excluding hydrogens is 226 g/mol. The average Bonchev–Trinajstić information content (AvgIpc) is 2.12. The summed E-state index contributed by atoms with van der Waals surface area (Å²) in [4.78, 5) is 33.2. The first-order valence-electron chi connectivity index (χ1n) is 5.24. The Labute approximate surface area is 100.0 Å². The lowest BCUT2D eigenvalue weighted by atomic mass is 10.1. The van der Waals surface area contributed by atoms with Crippen molar-refractivity contribution in [2.75, 3.05) is 6.54 Å². The van der Waals surface area contributed by atoms with Gasteiger partial charge in [0.1, 0.15) is 5.54 Å². The van der Waals surface area contributed by atoms with E-state index in [1.54, 1.807) is 13.8 Å². The van der Waals surface area contributed by atoms with Crippen LogP contribution >= 0.6 is 0 Å². The maximum absolute atomic E-state index is 11.3. The zero-order valence-corrected chi connectivity index (χ0v) is 10.5. The second-order valence-electron chi connectivity index (χ2n) is 4.46. The van der Waals surface area contributed by atoms with Gasteiger partial charge in [0.05, 0.1) is 6.54 Å². The van der Waals surface area contributed by atoms with Crippen LogP contribution < -0.4 is 16.0 Å². The second-order valence-corrected chi connectivity index (χ2v) is 4.46. The number of hydrogen-bond donors (Lipinski definition) is 4. The molecule has 0 spiro atoms. The van der Waals surface area contributed by atoms with Crippen molar-refractivity contribution in [1.29, 1.82) is 0 Å². The molecule has 0 saturated carbocycles. The summed E-state index contributed by atoms with van der Waals surface area (Å²) < 4.78 is 0. The molecule has 0 saturated heterocycles. The number of hydrogen-bond acceptors (Lipinski definition) is 3. The molecule has 0 aliphatic heterocycles. The summed E-state index contributed by atoms with van der Waals surface area (Å²) in [5.41, 5.74) is -1.38. The Morgan fingerprint density at radius 3 is 2.18 bits per heavy atom. The highest BCUT2D eigenvalue weighted by Gasteiger charge is 2.28. The van der Waals surface area contributed by atoms with E-state index in [1.165, 1.54) is 13.8 Å². The molecule has 0 aromatic carbocycles. The highest BCUT2D eigenvalue weighted by molar-refractivity contribution is 5.88. The van der Waals surface area contributed by atoms with Gasteiger partial charge in [-0.1, -0.05) is 0 Å². The molecule has 0 aliphatic rings. The number of rotatable bonds is 5. The Morgan fingerprint density at radius 1 is 1.24 bits per heavy atom. The Bertz CT molecular complexity index is 313. The molecule has 0 radical (unpaired) electrons. The van der Waals surface area contributed by atoms with Crippen LogP contribution in [0.3, 0.4) is 0 Å². The number of aliphatic carboxylic acids is 1. The third-order valence-corrected chi connectivity index (χ3v) is 1.82. The molecule has 3 amide bonds. The summed E-state index contributed by atoms with van der Waals surface area (Å²) in [6, 6.07) is -0.709. The second kappa shape index (κ2) is 6.07. The lowest BCUT2D eigenvalue weighted by molar-refractivity contribution is -0.142. The molecule has 0 fully saturated rings. The van der Waals surface area contributed by atoms with Crippen LogP contribution in [0.1, 0.15) is 27.7 Å². The smallest absolute Gasteiger partial charge is 0.328 e. The first-order chi connectivity index (χ1) is 7.65. The maximum Gasteiger partial charge on any atom is 0.328 e. The van der Waals surface area contributed by atoms with Gasteiger partial charge < -0.3 is 21.1 Å². The van der Waals surface area contributed by atoms with Crippen LogP contribution in [0, 0.1) is 0 Å². The number of carbonyl (C=O) groups excluding carboxylic acids is 2. The fourth-order valence-electron chi connectivity index (χ4n) is 0.915. The lowest BCUT2D eigenvalue weighted by Crippen LogP contribution is -2.54. The summed E-state index contributed by atoms with van der Waals surface area (Å²) in [5.74, 6) is -1.48. The number of carboxylic acids is 1. The van der Waals surface area contributed by atoms with E-state index in [1.807, 2.05) is 0 Å². The summed E-state index contributed by atoms with van der Waals surface area (Å²) >= 11 is 0. The zero-order chi connectivity index (χ0) is 13.6. The van der Waals surface area contributed by atoms with Crippen molar-refractivity contribution in [3.05, 3.63) is 0 Å². The highest BCUT2D eigenvalue weighted by Crippen LogP contribution is 2.00. The quantitative estimate of drug-likeness (QED) is 0.532. The van der Waals surface area contributed by atoms with Crippen LogP contribution in [0.25, 0.3) is 0 Å². The van der Waals surface area contributed by atoms with Crippen molar-refractivity contribution >= 4 is 17.9 Å². The molecule has 0 aromatic rings. The van der Waals surface area contributed by atoms with Crippen molar-refractivity contribution in [1.82, 2.24) is 16.0 Å². The molecule has 7 heteroatoms. The number of nitrogens with one attached hydrogen (secondary N) is 3. The molecule has 0 aromatic heterocycles. The monoisotopic (exact) mass is 245 g/mol. The number of carboxylic acid groups (broad SMARTS) is 1. The highest BCUT2D eigenvalue weighted by atomic mass is 16.4. The van der Waals surface area contributed by atoms with Gasteiger partial charge in [-0.3, -0.25) is 4.79 Å². The molecule has 4 N–H and O–H groups in total. The standard InChI is InChI=1S/C10H19N3O4/c1-6(2)12-7(14)5-11-9(17)13-10(3,4)8(15)16/h6H,5H2,1-4H3,(H,12,14)(H,15,16)(H2,11,13,17). The van der Waals surface area contributed by atoms with E-state index < -0.39 is 17.5 Å². The Balaban J connectivity index is 4.04. The first-order valence-corrected chi connectivity index (χ1v) is 5.24. The fraction of sp³-hybridized carbons (Fsp3) is 0.700. The Hall–Kier alpha value is -1.79. The molecule has 98 valence electrons. The predicted molar refractivity (Wildman–Crippen MR) is 61.5 cm³/mol.